The molecule has 0 aliphatic carbocycles. The molecule has 1 nitrogen and oxygen atoms in total. The van der Waals surface area contributed by atoms with Crippen molar-refractivity contribution in [1.29, 1.82) is 0 Å². The molecule has 0 aromatic heterocycles. The second-order valence-corrected chi connectivity index (χ2v) is 3.42. The van der Waals surface area contributed by atoms with Crippen LogP contribution in [-0.2, 0) is 0 Å². The molecule has 0 unspecified atom stereocenters. The number of halogens is 1. The first-order valence-electron chi connectivity index (χ1n) is 4.66. The molecule has 0 aliphatic heterocycles. The minimum absolute atomic E-state index is 0.144. The minimum Gasteiger partial charge on any atom is -0.383 e. The summed E-state index contributed by atoms with van der Waals surface area (Å²) >= 11 is 0. The number of hydrogen-bond acceptors (Lipinski definition) is 1. The molecule has 1 N–H and O–H groups in total. The molecule has 0 heterocycles. The topological polar surface area (TPSA) is 12.0 Å². The van der Waals surface area contributed by atoms with Crippen LogP contribution in [-0.4, -0.2) is 6.04 Å². The number of anilines is 1. The van der Waals surface area contributed by atoms with Gasteiger partial charge in [-0.05, 0) is 44.0 Å². The summed E-state index contributed by atoms with van der Waals surface area (Å²) in [6.45, 7) is 6.00. The number of nitrogens with one attached hydrogen (secondary N) is 1. The van der Waals surface area contributed by atoms with Crippen LogP contribution in [0.3, 0.4) is 0 Å². The van der Waals surface area contributed by atoms with Crippen molar-refractivity contribution in [3.63, 3.8) is 0 Å². The van der Waals surface area contributed by atoms with E-state index in [0.29, 0.717) is 11.6 Å². The third-order valence-corrected chi connectivity index (χ3v) is 2.18. The molecule has 1 aromatic rings. The summed E-state index contributed by atoms with van der Waals surface area (Å²) in [6.07, 6.45) is 1.07. The van der Waals surface area contributed by atoms with Gasteiger partial charge in [-0.15, -0.1) is 0 Å². The van der Waals surface area contributed by atoms with E-state index in [1.54, 1.807) is 13.0 Å². The molecule has 0 bridgehead atoms. The Morgan fingerprint density at radius 3 is 2.69 bits per heavy atom. The van der Waals surface area contributed by atoms with Crippen LogP contribution in [0.15, 0.2) is 18.2 Å². The van der Waals surface area contributed by atoms with Gasteiger partial charge in [-0.1, -0.05) is 6.92 Å². The van der Waals surface area contributed by atoms with Gasteiger partial charge in [0.1, 0.15) is 5.82 Å². The fraction of sp³-hybridized carbons (Fsp3) is 0.455. The average Bonchev–Trinajstić information content (AvgIpc) is 2.11. The molecule has 1 aromatic carbocycles. The second kappa shape index (κ2) is 4.26. The monoisotopic (exact) mass is 181 g/mol. The smallest absolute Gasteiger partial charge is 0.126 e. The van der Waals surface area contributed by atoms with E-state index in [4.69, 9.17) is 0 Å². The Hall–Kier alpha value is -1.05. The SMILES string of the molecule is CC[C@@H](C)Nc1ccc(F)c(C)c1. The Morgan fingerprint density at radius 2 is 2.15 bits per heavy atom. The maximum atomic E-state index is 12.9. The lowest BCUT2D eigenvalue weighted by atomic mass is 10.2. The molecule has 0 fully saturated rings. The standard InChI is InChI=1S/C11H16FN/c1-4-9(3)13-10-5-6-11(12)8(2)7-10/h5-7,9,13H,4H2,1-3H3/t9-/m1/s1. The van der Waals surface area contributed by atoms with E-state index < -0.39 is 0 Å². The van der Waals surface area contributed by atoms with Gasteiger partial charge < -0.3 is 5.32 Å². The van der Waals surface area contributed by atoms with E-state index in [0.717, 1.165) is 12.1 Å². The third kappa shape index (κ3) is 2.72. The van der Waals surface area contributed by atoms with Gasteiger partial charge >= 0.3 is 0 Å². The quantitative estimate of drug-likeness (QED) is 0.754. The van der Waals surface area contributed by atoms with Crippen molar-refractivity contribution in [3.05, 3.63) is 29.6 Å². The first-order valence-corrected chi connectivity index (χ1v) is 4.66. The molecule has 1 atom stereocenters. The van der Waals surface area contributed by atoms with Gasteiger partial charge in [-0.25, -0.2) is 4.39 Å². The molecule has 0 amide bonds. The molecule has 1 rings (SSSR count). The summed E-state index contributed by atoms with van der Waals surface area (Å²) in [5.41, 5.74) is 1.68. The maximum Gasteiger partial charge on any atom is 0.126 e. The zero-order valence-corrected chi connectivity index (χ0v) is 8.39. The minimum atomic E-state index is -0.144. The predicted molar refractivity (Wildman–Crippen MR) is 54.5 cm³/mol. The van der Waals surface area contributed by atoms with Crippen molar-refractivity contribution in [2.75, 3.05) is 5.32 Å². The Labute approximate surface area is 79.0 Å². The summed E-state index contributed by atoms with van der Waals surface area (Å²) in [5, 5.41) is 3.29. The zero-order chi connectivity index (χ0) is 9.84. The summed E-state index contributed by atoms with van der Waals surface area (Å²) in [6, 6.07) is 5.54. The predicted octanol–water partition coefficient (Wildman–Crippen LogP) is 3.34. The van der Waals surface area contributed by atoms with Gasteiger partial charge in [0.15, 0.2) is 0 Å². The highest BCUT2D eigenvalue weighted by molar-refractivity contribution is 5.46. The van der Waals surface area contributed by atoms with Crippen LogP contribution in [0, 0.1) is 12.7 Å². The van der Waals surface area contributed by atoms with Crippen molar-refractivity contribution >= 4 is 5.69 Å². The highest BCUT2D eigenvalue weighted by atomic mass is 19.1. The van der Waals surface area contributed by atoms with E-state index in [1.807, 2.05) is 6.07 Å². The van der Waals surface area contributed by atoms with Crippen LogP contribution in [0.1, 0.15) is 25.8 Å². The van der Waals surface area contributed by atoms with Crippen molar-refractivity contribution in [2.24, 2.45) is 0 Å². The van der Waals surface area contributed by atoms with Crippen molar-refractivity contribution in [1.82, 2.24) is 0 Å². The van der Waals surface area contributed by atoms with Gasteiger partial charge in [-0.3, -0.25) is 0 Å². The van der Waals surface area contributed by atoms with Crippen molar-refractivity contribution in [3.8, 4) is 0 Å². The van der Waals surface area contributed by atoms with Crippen LogP contribution in [0.2, 0.25) is 0 Å². The third-order valence-electron chi connectivity index (χ3n) is 2.18. The molecule has 0 saturated heterocycles. The molecule has 0 radical (unpaired) electrons. The average molecular weight is 181 g/mol. The zero-order valence-electron chi connectivity index (χ0n) is 8.39. The normalized spacial score (nSPS) is 12.6. The highest BCUT2D eigenvalue weighted by Gasteiger charge is 2.01. The van der Waals surface area contributed by atoms with Crippen LogP contribution in [0.25, 0.3) is 0 Å². The van der Waals surface area contributed by atoms with Gasteiger partial charge in [0, 0.05) is 11.7 Å². The summed E-state index contributed by atoms with van der Waals surface area (Å²) in [5.74, 6) is -0.144. The van der Waals surface area contributed by atoms with Gasteiger partial charge in [-0.2, -0.15) is 0 Å². The van der Waals surface area contributed by atoms with E-state index in [9.17, 15) is 4.39 Å². The maximum absolute atomic E-state index is 12.9. The lowest BCUT2D eigenvalue weighted by Gasteiger charge is -2.13. The number of rotatable bonds is 3. The Kier molecular flexibility index (Phi) is 3.29. The van der Waals surface area contributed by atoms with Gasteiger partial charge in [0.25, 0.3) is 0 Å². The number of benzene rings is 1. The molecule has 72 valence electrons. The lowest BCUT2D eigenvalue weighted by molar-refractivity contribution is 0.618. The molecular formula is C11H16FN. The van der Waals surface area contributed by atoms with E-state index >= 15 is 0 Å². The molecule has 0 spiro atoms. The molecule has 0 aliphatic rings. The fourth-order valence-corrected chi connectivity index (χ4v) is 1.12. The van der Waals surface area contributed by atoms with E-state index in [-0.39, 0.29) is 5.82 Å². The Bertz CT molecular complexity index is 283. The number of hydrogen-bond donors (Lipinski definition) is 1. The Balaban J connectivity index is 2.73. The molecule has 0 saturated carbocycles. The van der Waals surface area contributed by atoms with Crippen LogP contribution in [0.5, 0.6) is 0 Å². The van der Waals surface area contributed by atoms with E-state index in [2.05, 4.69) is 19.2 Å². The summed E-state index contributed by atoms with van der Waals surface area (Å²) in [4.78, 5) is 0. The van der Waals surface area contributed by atoms with Crippen LogP contribution >= 0.6 is 0 Å². The first kappa shape index (κ1) is 10.0. The lowest BCUT2D eigenvalue weighted by Crippen LogP contribution is -2.13. The van der Waals surface area contributed by atoms with Crippen molar-refractivity contribution in [2.45, 2.75) is 33.2 Å². The summed E-state index contributed by atoms with van der Waals surface area (Å²) < 4.78 is 12.9. The highest BCUT2D eigenvalue weighted by Crippen LogP contribution is 2.14. The van der Waals surface area contributed by atoms with Crippen LogP contribution < -0.4 is 5.32 Å². The molecule has 13 heavy (non-hydrogen) atoms. The van der Waals surface area contributed by atoms with Gasteiger partial charge in [0.05, 0.1) is 0 Å². The van der Waals surface area contributed by atoms with Gasteiger partial charge in [0.2, 0.25) is 0 Å². The second-order valence-electron chi connectivity index (χ2n) is 3.42. The van der Waals surface area contributed by atoms with E-state index in [1.165, 1.54) is 6.07 Å². The first-order chi connectivity index (χ1) is 6.13. The fourth-order valence-electron chi connectivity index (χ4n) is 1.12. The summed E-state index contributed by atoms with van der Waals surface area (Å²) in [7, 11) is 0. The van der Waals surface area contributed by atoms with Crippen molar-refractivity contribution < 1.29 is 4.39 Å². The largest absolute Gasteiger partial charge is 0.383 e. The molecular weight excluding hydrogens is 165 g/mol. The number of aryl methyl sites for hydroxylation is 1. The van der Waals surface area contributed by atoms with Crippen LogP contribution in [0.4, 0.5) is 10.1 Å². The molecule has 2 heteroatoms. The Morgan fingerprint density at radius 1 is 1.46 bits per heavy atom.